The number of carbonyl (C=O) groups excluding carboxylic acids is 1. The monoisotopic (exact) mass is 454 g/mol. The Morgan fingerprint density at radius 3 is 2.26 bits per heavy atom. The Hall–Kier alpha value is -4.57. The van der Waals surface area contributed by atoms with E-state index >= 15 is 0 Å². The van der Waals surface area contributed by atoms with Gasteiger partial charge in [0.1, 0.15) is 0 Å². The molecule has 0 unspecified atom stereocenters. The van der Waals surface area contributed by atoms with Gasteiger partial charge in [0.2, 0.25) is 0 Å². The van der Waals surface area contributed by atoms with Crippen molar-refractivity contribution in [2.24, 2.45) is 0 Å². The van der Waals surface area contributed by atoms with E-state index in [4.69, 9.17) is 14.7 Å². The minimum atomic E-state index is -0.404. The molecule has 0 fully saturated rings. The average molecular weight is 455 g/mol. The smallest absolute Gasteiger partial charge is 0.341 e. The van der Waals surface area contributed by atoms with E-state index in [-0.39, 0.29) is 6.61 Å². The van der Waals surface area contributed by atoms with Crippen molar-refractivity contribution in [3.63, 3.8) is 0 Å². The maximum absolute atomic E-state index is 13.6. The van der Waals surface area contributed by atoms with Crippen LogP contribution < -0.4 is 0 Å². The minimum absolute atomic E-state index is 0.269. The lowest BCUT2D eigenvalue weighted by molar-refractivity contribution is 0.0528. The number of esters is 1. The second-order valence-corrected chi connectivity index (χ2v) is 8.37. The van der Waals surface area contributed by atoms with Crippen LogP contribution in [0.1, 0.15) is 17.3 Å². The third-order valence-corrected chi connectivity index (χ3v) is 6.26. The quantitative estimate of drug-likeness (QED) is 0.205. The van der Waals surface area contributed by atoms with Crippen LogP contribution in [0.2, 0.25) is 0 Å². The van der Waals surface area contributed by atoms with Crippen molar-refractivity contribution in [2.45, 2.75) is 6.92 Å². The Balaban J connectivity index is 1.82. The summed E-state index contributed by atoms with van der Waals surface area (Å²) in [6.45, 7) is 2.09. The molecule has 6 rings (SSSR count). The number of carbonyl (C=O) groups is 1. The maximum Gasteiger partial charge on any atom is 0.341 e. The molecule has 0 bridgehead atoms. The van der Waals surface area contributed by atoms with Crippen LogP contribution >= 0.6 is 0 Å². The fraction of sp³-hybridized carbons (Fsp3) is 0.0645. The highest BCUT2D eigenvalue weighted by Crippen LogP contribution is 2.40. The third kappa shape index (κ3) is 3.60. The second kappa shape index (κ2) is 8.65. The number of rotatable bonds is 4. The first kappa shape index (κ1) is 21.0. The lowest BCUT2D eigenvalue weighted by atomic mass is 9.91. The van der Waals surface area contributed by atoms with Crippen molar-refractivity contribution >= 4 is 38.5 Å². The summed E-state index contributed by atoms with van der Waals surface area (Å²) in [5, 5.41) is 4.03. The molecule has 0 atom stereocenters. The molecule has 35 heavy (non-hydrogen) atoms. The lowest BCUT2D eigenvalue weighted by Crippen LogP contribution is -2.11. The van der Waals surface area contributed by atoms with Gasteiger partial charge in [-0.2, -0.15) is 0 Å². The van der Waals surface area contributed by atoms with Gasteiger partial charge in [-0.3, -0.25) is 0 Å². The van der Waals surface area contributed by atoms with Gasteiger partial charge in [-0.05, 0) is 35.9 Å². The van der Waals surface area contributed by atoms with Gasteiger partial charge in [0.25, 0.3) is 0 Å². The fourth-order valence-corrected chi connectivity index (χ4v) is 4.70. The maximum atomic E-state index is 13.6. The molecule has 0 aliphatic heterocycles. The number of pyridine rings is 2. The normalized spacial score (nSPS) is 11.2. The van der Waals surface area contributed by atoms with Crippen molar-refractivity contribution < 1.29 is 9.53 Å². The highest BCUT2D eigenvalue weighted by atomic mass is 16.5. The number of para-hydroxylation sites is 1. The summed E-state index contributed by atoms with van der Waals surface area (Å²) in [6.07, 6.45) is 0. The van der Waals surface area contributed by atoms with Crippen LogP contribution in [0, 0.1) is 0 Å². The summed E-state index contributed by atoms with van der Waals surface area (Å²) in [4.78, 5) is 23.6. The Kier molecular flexibility index (Phi) is 5.19. The molecule has 0 spiro atoms. The van der Waals surface area contributed by atoms with Gasteiger partial charge >= 0.3 is 5.97 Å². The summed E-state index contributed by atoms with van der Waals surface area (Å²) < 4.78 is 5.59. The summed E-state index contributed by atoms with van der Waals surface area (Å²) in [5.41, 5.74) is 5.02. The molecule has 0 aliphatic carbocycles. The second-order valence-electron chi connectivity index (χ2n) is 8.37. The SMILES string of the molecule is CCOC(=O)c1c(-c2ccccc2)nc2ccc3ccccc3c2c1-c1ccc2ccccc2n1. The molecule has 0 saturated carbocycles. The topological polar surface area (TPSA) is 52.1 Å². The zero-order valence-electron chi connectivity index (χ0n) is 19.2. The molecule has 168 valence electrons. The van der Waals surface area contributed by atoms with Gasteiger partial charge in [-0.25, -0.2) is 14.8 Å². The van der Waals surface area contributed by atoms with E-state index in [1.54, 1.807) is 0 Å². The van der Waals surface area contributed by atoms with Crippen LogP contribution in [-0.2, 0) is 4.74 Å². The van der Waals surface area contributed by atoms with Crippen molar-refractivity contribution in [1.29, 1.82) is 0 Å². The van der Waals surface area contributed by atoms with E-state index in [2.05, 4.69) is 18.2 Å². The molecule has 0 N–H and O–H groups in total. The molecule has 0 aliphatic rings. The first-order valence-corrected chi connectivity index (χ1v) is 11.7. The van der Waals surface area contributed by atoms with E-state index < -0.39 is 5.97 Å². The number of nitrogens with zero attached hydrogens (tertiary/aromatic N) is 2. The molecule has 0 amide bonds. The Labute approximate surface area is 202 Å². The zero-order chi connectivity index (χ0) is 23.8. The number of benzene rings is 4. The number of ether oxygens (including phenoxy) is 1. The van der Waals surface area contributed by atoms with Crippen LogP contribution in [0.3, 0.4) is 0 Å². The van der Waals surface area contributed by atoms with Crippen LogP contribution in [0.4, 0.5) is 0 Å². The van der Waals surface area contributed by atoms with Gasteiger partial charge in [-0.15, -0.1) is 0 Å². The molecule has 4 heteroatoms. The fourth-order valence-electron chi connectivity index (χ4n) is 4.70. The predicted molar refractivity (Wildman–Crippen MR) is 141 cm³/mol. The molecule has 2 heterocycles. The van der Waals surface area contributed by atoms with Crippen LogP contribution in [0.5, 0.6) is 0 Å². The standard InChI is InChI=1S/C31H22N2O2/c1-2-35-31(34)29-28(26-19-17-21-11-7-9-15-24(21)32-26)27-23-14-8-6-10-20(23)16-18-25(27)33-30(29)22-12-4-3-5-13-22/h3-19H,2H2,1H3. The molecule has 0 saturated heterocycles. The van der Waals surface area contributed by atoms with Gasteiger partial charge in [0.05, 0.1) is 34.6 Å². The van der Waals surface area contributed by atoms with Gasteiger partial charge in [0, 0.05) is 21.9 Å². The van der Waals surface area contributed by atoms with Crippen molar-refractivity contribution in [2.75, 3.05) is 6.61 Å². The predicted octanol–water partition coefficient (Wildman–Crippen LogP) is 7.45. The van der Waals surface area contributed by atoms with Gasteiger partial charge < -0.3 is 4.74 Å². The highest BCUT2D eigenvalue weighted by Gasteiger charge is 2.26. The average Bonchev–Trinajstić information content (AvgIpc) is 2.92. The molecule has 4 aromatic carbocycles. The Morgan fingerprint density at radius 1 is 0.714 bits per heavy atom. The van der Waals surface area contributed by atoms with Crippen molar-refractivity contribution in [3.05, 3.63) is 109 Å². The first-order chi connectivity index (χ1) is 17.2. The largest absolute Gasteiger partial charge is 0.462 e. The van der Waals surface area contributed by atoms with Crippen molar-refractivity contribution in [3.8, 4) is 22.5 Å². The van der Waals surface area contributed by atoms with Crippen LogP contribution in [-0.4, -0.2) is 22.5 Å². The zero-order valence-corrected chi connectivity index (χ0v) is 19.2. The lowest BCUT2D eigenvalue weighted by Gasteiger charge is -2.18. The minimum Gasteiger partial charge on any atom is -0.462 e. The third-order valence-electron chi connectivity index (χ3n) is 6.26. The summed E-state index contributed by atoms with van der Waals surface area (Å²) in [5.74, 6) is -0.404. The Bertz CT molecular complexity index is 1730. The number of hydrogen-bond acceptors (Lipinski definition) is 4. The molecular formula is C31H22N2O2. The van der Waals surface area contributed by atoms with Crippen molar-refractivity contribution in [1.82, 2.24) is 9.97 Å². The first-order valence-electron chi connectivity index (χ1n) is 11.7. The Morgan fingerprint density at radius 2 is 1.43 bits per heavy atom. The summed E-state index contributed by atoms with van der Waals surface area (Å²) >= 11 is 0. The van der Waals surface area contributed by atoms with Gasteiger partial charge in [-0.1, -0.05) is 84.9 Å². The number of aromatic nitrogens is 2. The van der Waals surface area contributed by atoms with Crippen LogP contribution in [0.25, 0.3) is 55.1 Å². The molecule has 2 aromatic heterocycles. The molecule has 6 aromatic rings. The summed E-state index contributed by atoms with van der Waals surface area (Å²) in [6, 6.07) is 34.1. The van der Waals surface area contributed by atoms with Crippen LogP contribution in [0.15, 0.2) is 103 Å². The number of hydrogen-bond donors (Lipinski definition) is 0. The summed E-state index contributed by atoms with van der Waals surface area (Å²) in [7, 11) is 0. The molecule has 4 nitrogen and oxygen atoms in total. The highest BCUT2D eigenvalue weighted by molar-refractivity contribution is 6.19. The molecular weight excluding hydrogens is 432 g/mol. The van der Waals surface area contributed by atoms with Gasteiger partial charge in [0.15, 0.2) is 0 Å². The van der Waals surface area contributed by atoms with E-state index in [9.17, 15) is 4.79 Å². The van der Waals surface area contributed by atoms with E-state index in [0.717, 1.165) is 43.7 Å². The van der Waals surface area contributed by atoms with E-state index in [1.165, 1.54) is 0 Å². The number of fused-ring (bicyclic) bond motifs is 4. The van der Waals surface area contributed by atoms with E-state index in [1.807, 2.05) is 91.9 Å². The van der Waals surface area contributed by atoms with E-state index in [0.29, 0.717) is 17.0 Å². The molecule has 0 radical (unpaired) electrons.